The van der Waals surface area contributed by atoms with E-state index in [-0.39, 0.29) is 11.9 Å². The van der Waals surface area contributed by atoms with E-state index in [0.717, 1.165) is 11.1 Å². The molecule has 0 fully saturated rings. The molecule has 2 aromatic carbocycles. The van der Waals surface area contributed by atoms with E-state index in [4.69, 9.17) is 32.5 Å². The molecule has 0 heterocycles. The summed E-state index contributed by atoms with van der Waals surface area (Å²) in [6.07, 6.45) is -1.57. The van der Waals surface area contributed by atoms with E-state index < -0.39 is 24.1 Å². The van der Waals surface area contributed by atoms with Gasteiger partial charge in [0, 0.05) is 0 Å². The summed E-state index contributed by atoms with van der Waals surface area (Å²) in [6, 6.07) is 19.3. The third-order valence-electron chi connectivity index (χ3n) is 3.26. The number of aliphatic hydroxyl groups is 2. The van der Waals surface area contributed by atoms with Crippen LogP contribution in [0.2, 0.25) is 0 Å². The molecule has 0 aliphatic rings. The predicted molar refractivity (Wildman–Crippen MR) is 118 cm³/mol. The van der Waals surface area contributed by atoms with Crippen LogP contribution in [-0.2, 0) is 9.59 Å². The van der Waals surface area contributed by atoms with E-state index in [0.29, 0.717) is 0 Å². The third-order valence-corrected chi connectivity index (χ3v) is 3.26. The number of hydrogen-bond acceptors (Lipinski definition) is 10. The van der Waals surface area contributed by atoms with E-state index in [1.54, 1.807) is 12.4 Å². The number of carbonyl (C=O) groups excluding carboxylic acids is 2. The van der Waals surface area contributed by atoms with Crippen LogP contribution >= 0.6 is 0 Å². The summed E-state index contributed by atoms with van der Waals surface area (Å²) in [5, 5.41) is 57.2. The molecule has 0 amide bonds. The predicted octanol–water partition coefficient (Wildman–Crippen LogP) is -5.84. The highest BCUT2D eigenvalue weighted by Crippen LogP contribution is 1.93. The van der Waals surface area contributed by atoms with Gasteiger partial charge in [-0.15, -0.1) is 0 Å². The summed E-state index contributed by atoms with van der Waals surface area (Å²) in [6.45, 7) is 0. The first kappa shape index (κ1) is 29.5. The topological polar surface area (TPSA) is 278 Å². The maximum atomic E-state index is 9.63. The quantitative estimate of drug-likeness (QED) is 0.0825. The summed E-state index contributed by atoms with van der Waals surface area (Å²) >= 11 is 0. The van der Waals surface area contributed by atoms with Crippen molar-refractivity contribution in [3.63, 3.8) is 0 Å². The van der Waals surface area contributed by atoms with E-state index >= 15 is 0 Å². The molecule has 0 aliphatic heterocycles. The molecule has 0 bridgehead atoms. The number of benzene rings is 2. The average Bonchev–Trinajstić information content (AvgIpc) is 2.80. The molecular formula is C20H26N8O6. The van der Waals surface area contributed by atoms with Crippen LogP contribution in [0.5, 0.6) is 0 Å². The number of carboxylic acid groups (broad SMARTS) is 2. The highest BCUT2D eigenvalue weighted by atomic mass is 16.4. The number of aliphatic carboxylic acids is 2. The van der Waals surface area contributed by atoms with Crippen LogP contribution in [0.1, 0.15) is 11.1 Å². The van der Waals surface area contributed by atoms with Crippen LogP contribution in [0, 0.1) is 10.8 Å². The minimum Gasteiger partial charge on any atom is -0.547 e. The maximum Gasteiger partial charge on any atom is 0.315 e. The molecule has 34 heavy (non-hydrogen) atoms. The number of guanidine groups is 2. The molecule has 2 atom stereocenters. The van der Waals surface area contributed by atoms with Gasteiger partial charge >= 0.3 is 11.9 Å². The van der Waals surface area contributed by atoms with Gasteiger partial charge in [0.05, 0.1) is 24.4 Å². The second-order valence-electron chi connectivity index (χ2n) is 6.07. The molecule has 0 radical (unpaired) electrons. The lowest BCUT2D eigenvalue weighted by atomic mass is 10.2. The zero-order chi connectivity index (χ0) is 25.9. The molecule has 0 saturated heterocycles. The Morgan fingerprint density at radius 3 is 1.29 bits per heavy atom. The number of carboxylic acids is 2. The summed E-state index contributed by atoms with van der Waals surface area (Å²) in [4.78, 5) is 19.3. The highest BCUT2D eigenvalue weighted by molar-refractivity contribution is 5.81. The van der Waals surface area contributed by atoms with Gasteiger partial charge in [-0.1, -0.05) is 70.9 Å². The Morgan fingerprint density at radius 2 is 1.06 bits per heavy atom. The lowest BCUT2D eigenvalue weighted by Gasteiger charge is -2.18. The SMILES string of the molecule is N=C(N)[NH2+]N=Cc1ccccc1.N=C(N)[NH2+]N=Cc1ccccc1.O=C([O-])C(O)C(O)C(=O)[O-]. The number of nitrogens with zero attached hydrogens (tertiary/aromatic N) is 2. The first-order valence-corrected chi connectivity index (χ1v) is 9.33. The summed E-state index contributed by atoms with van der Waals surface area (Å²) in [7, 11) is 0. The standard InChI is InChI=1S/2C8H10N4.C4H6O6/c2*9-8(10)12-11-6-7-4-2-1-3-5-7;5-1(3(7)8)2(6)4(9)10/h2*1-6H,(H4,9,10,12);1-2,5-6H,(H,7,8)(H,9,10). The van der Waals surface area contributed by atoms with Gasteiger partial charge in [0.15, 0.2) is 0 Å². The van der Waals surface area contributed by atoms with E-state index in [9.17, 15) is 19.8 Å². The fraction of sp³-hybridized carbons (Fsp3) is 0.100. The first-order valence-electron chi connectivity index (χ1n) is 9.33. The van der Waals surface area contributed by atoms with Crippen molar-refractivity contribution in [3.8, 4) is 0 Å². The fourth-order valence-electron chi connectivity index (χ4n) is 1.74. The molecule has 2 unspecified atom stereocenters. The Labute approximate surface area is 194 Å². The lowest BCUT2D eigenvalue weighted by Crippen LogP contribution is -2.85. The van der Waals surface area contributed by atoms with E-state index in [1.165, 1.54) is 10.9 Å². The van der Waals surface area contributed by atoms with Crippen molar-refractivity contribution in [3.05, 3.63) is 71.8 Å². The fourth-order valence-corrected chi connectivity index (χ4v) is 1.74. The number of hydrogen-bond donors (Lipinski definition) is 8. The van der Waals surface area contributed by atoms with Crippen LogP contribution in [0.4, 0.5) is 0 Å². The van der Waals surface area contributed by atoms with Crippen LogP contribution in [0.15, 0.2) is 70.9 Å². The van der Waals surface area contributed by atoms with Gasteiger partial charge in [-0.05, 0) is 11.1 Å². The minimum absolute atomic E-state index is 0.0396. The highest BCUT2D eigenvalue weighted by Gasteiger charge is 2.17. The second-order valence-corrected chi connectivity index (χ2v) is 6.07. The van der Waals surface area contributed by atoms with Crippen molar-refractivity contribution in [2.45, 2.75) is 12.2 Å². The van der Waals surface area contributed by atoms with Crippen molar-refractivity contribution in [1.29, 1.82) is 10.8 Å². The Bertz CT molecular complexity index is 890. The van der Waals surface area contributed by atoms with Crippen LogP contribution in [0.3, 0.4) is 0 Å². The summed E-state index contributed by atoms with van der Waals surface area (Å²) in [5.74, 6) is -4.20. The first-order chi connectivity index (χ1) is 16.0. The third kappa shape index (κ3) is 15.3. The minimum atomic E-state index is -2.44. The molecule has 0 saturated carbocycles. The molecule has 0 aliphatic carbocycles. The molecule has 2 rings (SSSR count). The Kier molecular flexibility index (Phi) is 14.8. The Balaban J connectivity index is 0.000000484. The molecule has 182 valence electrons. The second kappa shape index (κ2) is 17.1. The molecule has 2 aromatic rings. The van der Waals surface area contributed by atoms with Gasteiger partial charge < -0.3 is 41.5 Å². The maximum absolute atomic E-state index is 9.63. The van der Waals surface area contributed by atoms with Crippen molar-refractivity contribution in [2.24, 2.45) is 21.7 Å². The van der Waals surface area contributed by atoms with Crippen LogP contribution in [-0.4, -0.2) is 58.7 Å². The number of aliphatic hydroxyl groups excluding tert-OH is 2. The van der Waals surface area contributed by atoms with Gasteiger partial charge in [0.2, 0.25) is 0 Å². The summed E-state index contributed by atoms with van der Waals surface area (Å²) < 4.78 is 0. The Morgan fingerprint density at radius 1 is 0.765 bits per heavy atom. The average molecular weight is 474 g/mol. The molecule has 14 nitrogen and oxygen atoms in total. The Hall–Kier alpha value is -4.50. The molecule has 0 aromatic heterocycles. The van der Waals surface area contributed by atoms with E-state index in [1.807, 2.05) is 60.7 Å². The number of quaternary nitrogens is 2. The van der Waals surface area contributed by atoms with Crippen LogP contribution < -0.4 is 32.5 Å². The van der Waals surface area contributed by atoms with E-state index in [2.05, 4.69) is 10.2 Å². The molecular weight excluding hydrogens is 448 g/mol. The van der Waals surface area contributed by atoms with Gasteiger partial charge in [-0.25, -0.2) is 10.8 Å². The van der Waals surface area contributed by atoms with Gasteiger partial charge in [-0.2, -0.15) is 10.9 Å². The van der Waals surface area contributed by atoms with Crippen molar-refractivity contribution >= 4 is 36.3 Å². The normalized spacial score (nSPS) is 11.9. The van der Waals surface area contributed by atoms with Gasteiger partial charge in [0.25, 0.3) is 0 Å². The lowest BCUT2D eigenvalue weighted by molar-refractivity contribution is -0.548. The smallest absolute Gasteiger partial charge is 0.315 e. The monoisotopic (exact) mass is 474 g/mol. The van der Waals surface area contributed by atoms with Crippen molar-refractivity contribution in [1.82, 2.24) is 0 Å². The number of rotatable bonds is 7. The number of nitrogens with one attached hydrogen (secondary N) is 2. The number of carbonyl (C=O) groups is 2. The summed E-state index contributed by atoms with van der Waals surface area (Å²) in [5.41, 5.74) is 14.7. The van der Waals surface area contributed by atoms with Crippen molar-refractivity contribution in [2.75, 3.05) is 0 Å². The van der Waals surface area contributed by atoms with Crippen molar-refractivity contribution < 1.29 is 40.9 Å². The van der Waals surface area contributed by atoms with Crippen LogP contribution in [0.25, 0.3) is 0 Å². The number of nitrogens with two attached hydrogens (primary N) is 4. The zero-order valence-corrected chi connectivity index (χ0v) is 17.8. The molecule has 12 N–H and O–H groups in total. The molecule has 14 heteroatoms. The zero-order valence-electron chi connectivity index (χ0n) is 17.8. The van der Waals surface area contributed by atoms with Gasteiger partial charge in [0.1, 0.15) is 12.2 Å². The van der Waals surface area contributed by atoms with Gasteiger partial charge in [-0.3, -0.25) is 0 Å². The largest absolute Gasteiger partial charge is 0.547 e. The molecule has 0 spiro atoms.